The zero-order chi connectivity index (χ0) is 13.3. The van der Waals surface area contributed by atoms with Gasteiger partial charge in [0.1, 0.15) is 4.90 Å². The first kappa shape index (κ1) is 12.3. The molecule has 0 saturated carbocycles. The maximum Gasteiger partial charge on any atom is 0.242 e. The number of hydrogen-bond acceptors (Lipinski definition) is 3. The van der Waals surface area contributed by atoms with Crippen LogP contribution in [0.5, 0.6) is 0 Å². The van der Waals surface area contributed by atoms with Crippen molar-refractivity contribution in [3.05, 3.63) is 59.9 Å². The lowest BCUT2D eigenvalue weighted by molar-refractivity contribution is 0.554. The second kappa shape index (κ2) is 4.75. The second-order valence-electron chi connectivity index (χ2n) is 4.60. The Balaban J connectivity index is 1.88. The van der Waals surface area contributed by atoms with Gasteiger partial charge in [0, 0.05) is 18.4 Å². The molecule has 1 aromatic heterocycles. The molecule has 98 valence electrons. The number of aromatic nitrogens is 1. The molecule has 1 unspecified atom stereocenters. The zero-order valence-corrected chi connectivity index (χ0v) is 11.1. The molecule has 2 aromatic rings. The number of nitrogens with zero attached hydrogens (tertiary/aromatic N) is 1. The smallest absolute Gasteiger partial charge is 0.242 e. The van der Waals surface area contributed by atoms with E-state index in [-0.39, 0.29) is 10.9 Å². The minimum atomic E-state index is -3.50. The van der Waals surface area contributed by atoms with E-state index in [1.807, 2.05) is 24.3 Å². The molecule has 1 aliphatic rings. The largest absolute Gasteiger partial charge is 0.263 e. The van der Waals surface area contributed by atoms with E-state index in [9.17, 15) is 8.42 Å². The molecule has 1 heterocycles. The Kier molecular flexibility index (Phi) is 3.08. The van der Waals surface area contributed by atoms with Crippen LogP contribution in [-0.2, 0) is 16.4 Å². The number of benzene rings is 1. The molecule has 0 spiro atoms. The van der Waals surface area contributed by atoms with Crippen LogP contribution in [0.3, 0.4) is 0 Å². The highest BCUT2D eigenvalue weighted by Crippen LogP contribution is 2.31. The summed E-state index contributed by atoms with van der Waals surface area (Å²) >= 11 is 0. The van der Waals surface area contributed by atoms with Gasteiger partial charge in [-0.05, 0) is 36.1 Å². The maximum absolute atomic E-state index is 12.2. The first-order chi connectivity index (χ1) is 9.17. The molecule has 0 radical (unpaired) electrons. The molecule has 1 N–H and O–H groups in total. The Morgan fingerprint density at radius 1 is 1.16 bits per heavy atom. The van der Waals surface area contributed by atoms with Gasteiger partial charge < -0.3 is 0 Å². The molecule has 1 aromatic carbocycles. The molecule has 4 nitrogen and oxygen atoms in total. The molecular weight excluding hydrogens is 260 g/mol. The van der Waals surface area contributed by atoms with Crippen LogP contribution >= 0.6 is 0 Å². The van der Waals surface area contributed by atoms with Crippen LogP contribution < -0.4 is 4.72 Å². The average Bonchev–Trinajstić information content (AvgIpc) is 2.83. The van der Waals surface area contributed by atoms with E-state index in [2.05, 4.69) is 9.71 Å². The Morgan fingerprint density at radius 3 is 2.79 bits per heavy atom. The highest BCUT2D eigenvalue weighted by atomic mass is 32.2. The number of hydrogen-bond donors (Lipinski definition) is 1. The van der Waals surface area contributed by atoms with Gasteiger partial charge >= 0.3 is 0 Å². The SMILES string of the molecule is O=S(=O)(NC1CCc2ccccc21)c1cccnc1. The van der Waals surface area contributed by atoms with Gasteiger partial charge in [0.2, 0.25) is 10.0 Å². The minimum Gasteiger partial charge on any atom is -0.263 e. The zero-order valence-electron chi connectivity index (χ0n) is 10.3. The summed E-state index contributed by atoms with van der Waals surface area (Å²) in [6.07, 6.45) is 4.64. The van der Waals surface area contributed by atoms with Crippen LogP contribution in [0.2, 0.25) is 0 Å². The molecule has 0 amide bonds. The van der Waals surface area contributed by atoms with Crippen molar-refractivity contribution >= 4 is 10.0 Å². The molecule has 0 bridgehead atoms. The van der Waals surface area contributed by atoms with Gasteiger partial charge in [0.15, 0.2) is 0 Å². The van der Waals surface area contributed by atoms with Crippen LogP contribution in [-0.4, -0.2) is 13.4 Å². The quantitative estimate of drug-likeness (QED) is 0.932. The summed E-state index contributed by atoms with van der Waals surface area (Å²) in [6, 6.07) is 11.0. The molecule has 0 aliphatic heterocycles. The topological polar surface area (TPSA) is 59.1 Å². The fourth-order valence-corrected chi connectivity index (χ4v) is 3.65. The number of nitrogens with one attached hydrogen (secondary N) is 1. The predicted molar refractivity (Wildman–Crippen MR) is 72.1 cm³/mol. The van der Waals surface area contributed by atoms with Crippen molar-refractivity contribution in [2.45, 2.75) is 23.8 Å². The fourth-order valence-electron chi connectivity index (χ4n) is 2.44. The first-order valence-electron chi connectivity index (χ1n) is 6.17. The molecule has 1 aliphatic carbocycles. The highest BCUT2D eigenvalue weighted by Gasteiger charge is 2.27. The Labute approximate surface area is 112 Å². The highest BCUT2D eigenvalue weighted by molar-refractivity contribution is 7.89. The molecular formula is C14H14N2O2S. The summed E-state index contributed by atoms with van der Waals surface area (Å²) in [7, 11) is -3.50. The van der Waals surface area contributed by atoms with E-state index in [0.717, 1.165) is 18.4 Å². The normalized spacial score (nSPS) is 18.2. The number of pyridine rings is 1. The Bertz CT molecular complexity index is 684. The van der Waals surface area contributed by atoms with Crippen molar-refractivity contribution in [2.24, 2.45) is 0 Å². The van der Waals surface area contributed by atoms with E-state index in [1.54, 1.807) is 18.3 Å². The van der Waals surface area contributed by atoms with Crippen molar-refractivity contribution in [3.63, 3.8) is 0 Å². The molecule has 0 saturated heterocycles. The van der Waals surface area contributed by atoms with Gasteiger partial charge in [-0.1, -0.05) is 24.3 Å². The fraction of sp³-hybridized carbons (Fsp3) is 0.214. The number of sulfonamides is 1. The molecule has 3 rings (SSSR count). The monoisotopic (exact) mass is 274 g/mol. The van der Waals surface area contributed by atoms with Crippen LogP contribution in [0.1, 0.15) is 23.6 Å². The summed E-state index contributed by atoms with van der Waals surface area (Å²) in [5, 5.41) is 0. The third-order valence-electron chi connectivity index (χ3n) is 3.37. The van der Waals surface area contributed by atoms with E-state index in [4.69, 9.17) is 0 Å². The predicted octanol–water partition coefficient (Wildman–Crippen LogP) is 2.05. The number of fused-ring (bicyclic) bond motifs is 1. The standard InChI is InChI=1S/C14H14N2O2S/c17-19(18,12-5-3-9-15-10-12)16-14-8-7-11-4-1-2-6-13(11)14/h1-6,9-10,14,16H,7-8H2. The van der Waals surface area contributed by atoms with Gasteiger partial charge in [0.25, 0.3) is 0 Å². The van der Waals surface area contributed by atoms with Crippen molar-refractivity contribution in [1.82, 2.24) is 9.71 Å². The van der Waals surface area contributed by atoms with Crippen molar-refractivity contribution in [2.75, 3.05) is 0 Å². The summed E-state index contributed by atoms with van der Waals surface area (Å²) in [6.45, 7) is 0. The van der Waals surface area contributed by atoms with E-state index < -0.39 is 10.0 Å². The van der Waals surface area contributed by atoms with E-state index in [1.165, 1.54) is 11.8 Å². The molecule has 0 fully saturated rings. The lowest BCUT2D eigenvalue weighted by Crippen LogP contribution is -2.27. The van der Waals surface area contributed by atoms with Gasteiger partial charge in [0.05, 0.1) is 0 Å². The maximum atomic E-state index is 12.2. The first-order valence-corrected chi connectivity index (χ1v) is 7.65. The summed E-state index contributed by atoms with van der Waals surface area (Å²) in [4.78, 5) is 4.06. The summed E-state index contributed by atoms with van der Waals surface area (Å²) < 4.78 is 27.3. The lowest BCUT2D eigenvalue weighted by Gasteiger charge is -2.14. The average molecular weight is 274 g/mol. The van der Waals surface area contributed by atoms with Crippen LogP contribution in [0.25, 0.3) is 0 Å². The molecule has 1 atom stereocenters. The van der Waals surface area contributed by atoms with Gasteiger partial charge in [-0.2, -0.15) is 0 Å². The summed E-state index contributed by atoms with van der Waals surface area (Å²) in [5.41, 5.74) is 2.30. The van der Waals surface area contributed by atoms with Crippen molar-refractivity contribution in [3.8, 4) is 0 Å². The van der Waals surface area contributed by atoms with Crippen molar-refractivity contribution < 1.29 is 8.42 Å². The third-order valence-corrected chi connectivity index (χ3v) is 4.83. The van der Waals surface area contributed by atoms with Gasteiger partial charge in [-0.15, -0.1) is 0 Å². The molecule has 19 heavy (non-hydrogen) atoms. The number of aryl methyl sites for hydroxylation is 1. The Morgan fingerprint density at radius 2 is 2.00 bits per heavy atom. The molecule has 5 heteroatoms. The van der Waals surface area contributed by atoms with Crippen LogP contribution in [0.15, 0.2) is 53.7 Å². The van der Waals surface area contributed by atoms with Gasteiger partial charge in [-0.3, -0.25) is 4.98 Å². The van der Waals surface area contributed by atoms with Crippen LogP contribution in [0.4, 0.5) is 0 Å². The van der Waals surface area contributed by atoms with Crippen molar-refractivity contribution in [1.29, 1.82) is 0 Å². The van der Waals surface area contributed by atoms with E-state index in [0.29, 0.717) is 0 Å². The van der Waals surface area contributed by atoms with Gasteiger partial charge in [-0.25, -0.2) is 13.1 Å². The minimum absolute atomic E-state index is 0.138. The summed E-state index contributed by atoms with van der Waals surface area (Å²) in [5.74, 6) is 0. The van der Waals surface area contributed by atoms with E-state index >= 15 is 0 Å². The van der Waals surface area contributed by atoms with Crippen LogP contribution in [0, 0.1) is 0 Å². The Hall–Kier alpha value is -1.72. The lowest BCUT2D eigenvalue weighted by atomic mass is 10.1. The second-order valence-corrected chi connectivity index (χ2v) is 6.31. The number of rotatable bonds is 3. The third kappa shape index (κ3) is 2.39.